The summed E-state index contributed by atoms with van der Waals surface area (Å²) in [4.78, 5) is 16.9. The molecule has 0 atom stereocenters. The van der Waals surface area contributed by atoms with Gasteiger partial charge in [0.25, 0.3) is 0 Å². The van der Waals surface area contributed by atoms with Gasteiger partial charge < -0.3 is 20.9 Å². The van der Waals surface area contributed by atoms with Crippen LogP contribution >= 0.6 is 27.7 Å². The summed E-state index contributed by atoms with van der Waals surface area (Å²) in [6.45, 7) is 7.60. The highest BCUT2D eigenvalue weighted by molar-refractivity contribution is 9.10. The first-order valence-electron chi connectivity index (χ1n) is 12.2. The van der Waals surface area contributed by atoms with Crippen LogP contribution < -0.4 is 16.0 Å². The first-order chi connectivity index (χ1) is 17.5. The molecule has 0 fully saturated rings. The number of halogens is 1. The number of hydrogen-bond donors (Lipinski definition) is 4. The second-order valence-corrected chi connectivity index (χ2v) is 10.3. The van der Waals surface area contributed by atoms with Gasteiger partial charge in [-0.15, -0.1) is 0 Å². The molecule has 3 rings (SSSR count). The standard InChI is InChI=1S/C28H34BrN5OS/c1-3-5-17-31-18-19-34(4-2)27(30)21-7-6-8-24(20-21)33-28(35)32-23-11-15-26(16-12-23)36-25-13-9-22(29)10-14-25/h6-16,20,30-31H,3-5,17-19H2,1-2H3,(H2,32,33,35). The fraction of sp³-hybridized carbons (Fsp3) is 0.286. The van der Waals surface area contributed by atoms with Gasteiger partial charge in [-0.2, -0.15) is 0 Å². The number of unbranched alkanes of at least 4 members (excludes halogenated alkanes) is 1. The summed E-state index contributed by atoms with van der Waals surface area (Å²) in [5.41, 5.74) is 2.14. The lowest BCUT2D eigenvalue weighted by Gasteiger charge is -2.24. The lowest BCUT2D eigenvalue weighted by molar-refractivity contribution is 0.262. The van der Waals surface area contributed by atoms with Crippen molar-refractivity contribution in [1.29, 1.82) is 5.41 Å². The number of nitrogens with zero attached hydrogens (tertiary/aromatic N) is 1. The quantitative estimate of drug-likeness (QED) is 0.105. The van der Waals surface area contributed by atoms with E-state index in [2.05, 4.69) is 57.9 Å². The van der Waals surface area contributed by atoms with Crippen LogP contribution in [-0.2, 0) is 0 Å². The van der Waals surface area contributed by atoms with Crippen molar-refractivity contribution in [3.8, 4) is 0 Å². The number of benzene rings is 3. The largest absolute Gasteiger partial charge is 0.356 e. The second-order valence-electron chi connectivity index (χ2n) is 8.27. The minimum atomic E-state index is -0.320. The first kappa shape index (κ1) is 27.8. The van der Waals surface area contributed by atoms with Crippen LogP contribution in [0.15, 0.2) is 87.1 Å². The zero-order valence-corrected chi connectivity index (χ0v) is 23.2. The fourth-order valence-corrected chi connectivity index (χ4v) is 4.61. The van der Waals surface area contributed by atoms with E-state index in [0.29, 0.717) is 17.2 Å². The number of nitrogens with one attached hydrogen (secondary N) is 4. The molecule has 0 aliphatic carbocycles. The molecule has 0 aliphatic heterocycles. The minimum absolute atomic E-state index is 0.320. The number of anilines is 2. The van der Waals surface area contributed by atoms with Crippen molar-refractivity contribution < 1.29 is 4.79 Å². The van der Waals surface area contributed by atoms with Crippen molar-refractivity contribution in [2.45, 2.75) is 36.5 Å². The van der Waals surface area contributed by atoms with Gasteiger partial charge in [-0.1, -0.05) is 53.2 Å². The van der Waals surface area contributed by atoms with Crippen LogP contribution in [0, 0.1) is 5.41 Å². The van der Waals surface area contributed by atoms with E-state index in [9.17, 15) is 4.79 Å². The third-order valence-corrected chi connectivity index (χ3v) is 7.06. The highest BCUT2D eigenvalue weighted by Crippen LogP contribution is 2.29. The Hall–Kier alpha value is -2.81. The zero-order valence-electron chi connectivity index (χ0n) is 20.8. The Morgan fingerprint density at radius 2 is 1.58 bits per heavy atom. The lowest BCUT2D eigenvalue weighted by Crippen LogP contribution is -2.37. The Labute approximate surface area is 226 Å². The van der Waals surface area contributed by atoms with Gasteiger partial charge in [0.2, 0.25) is 0 Å². The average Bonchev–Trinajstić information content (AvgIpc) is 2.88. The van der Waals surface area contributed by atoms with Crippen molar-refractivity contribution in [1.82, 2.24) is 10.2 Å². The van der Waals surface area contributed by atoms with Crippen LogP contribution in [0.3, 0.4) is 0 Å². The Bertz CT molecular complexity index is 1120. The van der Waals surface area contributed by atoms with Gasteiger partial charge in [0.15, 0.2) is 0 Å². The molecule has 0 aromatic heterocycles. The summed E-state index contributed by atoms with van der Waals surface area (Å²) in [5.74, 6) is 0.456. The molecule has 0 bridgehead atoms. The number of carbonyl (C=O) groups is 1. The Morgan fingerprint density at radius 1 is 0.917 bits per heavy atom. The van der Waals surface area contributed by atoms with Crippen LogP contribution in [-0.4, -0.2) is 42.9 Å². The average molecular weight is 569 g/mol. The Kier molecular flexibility index (Phi) is 11.3. The second kappa shape index (κ2) is 14.7. The third kappa shape index (κ3) is 9.00. The number of urea groups is 1. The maximum Gasteiger partial charge on any atom is 0.323 e. The molecule has 36 heavy (non-hydrogen) atoms. The fourth-order valence-electron chi connectivity index (χ4n) is 3.53. The van der Waals surface area contributed by atoms with Crippen LogP contribution in [0.25, 0.3) is 0 Å². The van der Waals surface area contributed by atoms with Crippen molar-refractivity contribution in [3.63, 3.8) is 0 Å². The maximum atomic E-state index is 12.6. The van der Waals surface area contributed by atoms with Gasteiger partial charge in [0.05, 0.1) is 0 Å². The minimum Gasteiger partial charge on any atom is -0.356 e. The molecule has 2 amide bonds. The van der Waals surface area contributed by atoms with Crippen molar-refractivity contribution in [2.75, 3.05) is 36.8 Å². The molecule has 0 radical (unpaired) electrons. The zero-order chi connectivity index (χ0) is 25.8. The van der Waals surface area contributed by atoms with E-state index >= 15 is 0 Å². The predicted octanol–water partition coefficient (Wildman–Crippen LogP) is 7.28. The molecule has 4 N–H and O–H groups in total. The molecule has 0 unspecified atom stereocenters. The molecule has 0 aliphatic rings. The molecule has 0 saturated carbocycles. The van der Waals surface area contributed by atoms with E-state index in [1.807, 2.05) is 65.6 Å². The molecule has 0 heterocycles. The molecule has 3 aromatic rings. The number of amides is 2. The molecular weight excluding hydrogens is 534 g/mol. The van der Waals surface area contributed by atoms with Crippen molar-refractivity contribution in [2.24, 2.45) is 0 Å². The SMILES string of the molecule is CCCCNCCN(CC)C(=N)c1cccc(NC(=O)Nc2ccc(Sc3ccc(Br)cc3)cc2)c1. The van der Waals surface area contributed by atoms with Gasteiger partial charge in [0.1, 0.15) is 5.84 Å². The molecule has 3 aromatic carbocycles. The number of carbonyl (C=O) groups excluding carboxylic acids is 1. The topological polar surface area (TPSA) is 80.2 Å². The van der Waals surface area contributed by atoms with Crippen LogP contribution in [0.1, 0.15) is 32.3 Å². The molecular formula is C28H34BrN5OS. The Morgan fingerprint density at radius 3 is 2.25 bits per heavy atom. The summed E-state index contributed by atoms with van der Waals surface area (Å²) in [6.07, 6.45) is 2.33. The number of rotatable bonds is 12. The first-order valence-corrected chi connectivity index (χ1v) is 13.9. The van der Waals surface area contributed by atoms with E-state index in [-0.39, 0.29) is 6.03 Å². The predicted molar refractivity (Wildman–Crippen MR) is 156 cm³/mol. The summed E-state index contributed by atoms with van der Waals surface area (Å²) in [6, 6.07) is 23.0. The summed E-state index contributed by atoms with van der Waals surface area (Å²) < 4.78 is 1.05. The van der Waals surface area contributed by atoms with Crippen LogP contribution in [0.5, 0.6) is 0 Å². The normalized spacial score (nSPS) is 10.6. The van der Waals surface area contributed by atoms with Gasteiger partial charge >= 0.3 is 6.03 Å². The highest BCUT2D eigenvalue weighted by Gasteiger charge is 2.11. The molecule has 6 nitrogen and oxygen atoms in total. The van der Waals surface area contributed by atoms with Crippen molar-refractivity contribution in [3.05, 3.63) is 82.8 Å². The van der Waals surface area contributed by atoms with Gasteiger partial charge in [-0.05, 0) is 80.6 Å². The number of hydrogen-bond acceptors (Lipinski definition) is 4. The van der Waals surface area contributed by atoms with Crippen LogP contribution in [0.2, 0.25) is 0 Å². The number of amidine groups is 1. The Balaban J connectivity index is 1.52. The highest BCUT2D eigenvalue weighted by atomic mass is 79.9. The summed E-state index contributed by atoms with van der Waals surface area (Å²) >= 11 is 5.12. The maximum absolute atomic E-state index is 12.6. The van der Waals surface area contributed by atoms with E-state index in [0.717, 1.165) is 52.4 Å². The van der Waals surface area contributed by atoms with Crippen LogP contribution in [0.4, 0.5) is 16.2 Å². The van der Waals surface area contributed by atoms with E-state index in [1.54, 1.807) is 11.8 Å². The van der Waals surface area contributed by atoms with Gasteiger partial charge in [0, 0.05) is 50.8 Å². The van der Waals surface area contributed by atoms with Gasteiger partial charge in [-0.25, -0.2) is 4.79 Å². The smallest absolute Gasteiger partial charge is 0.323 e. The van der Waals surface area contributed by atoms with E-state index < -0.39 is 0 Å². The van der Waals surface area contributed by atoms with Crippen molar-refractivity contribution >= 4 is 50.9 Å². The lowest BCUT2D eigenvalue weighted by atomic mass is 10.1. The summed E-state index contributed by atoms with van der Waals surface area (Å²) in [5, 5.41) is 17.8. The van der Waals surface area contributed by atoms with E-state index in [4.69, 9.17) is 5.41 Å². The molecule has 0 saturated heterocycles. The molecule has 8 heteroatoms. The monoisotopic (exact) mass is 567 g/mol. The third-order valence-electron chi connectivity index (χ3n) is 5.52. The molecule has 190 valence electrons. The summed E-state index contributed by atoms with van der Waals surface area (Å²) in [7, 11) is 0. The van der Waals surface area contributed by atoms with E-state index in [1.165, 1.54) is 6.42 Å². The number of likely N-dealkylation sites (N-methyl/N-ethyl adjacent to an activating group) is 1. The van der Waals surface area contributed by atoms with Gasteiger partial charge in [-0.3, -0.25) is 5.41 Å². The molecule has 0 spiro atoms.